The molecule has 8 heteroatoms. The number of rotatable bonds is 5. The highest BCUT2D eigenvalue weighted by atomic mass is 32.2. The number of ether oxygens (including phenoxy) is 1. The summed E-state index contributed by atoms with van der Waals surface area (Å²) in [7, 11) is 1.42. The van der Waals surface area contributed by atoms with Crippen LogP contribution in [0.15, 0.2) is 16.8 Å². The fraction of sp³-hybridized carbons (Fsp3) is 0.471. The van der Waals surface area contributed by atoms with Crippen LogP contribution in [0.3, 0.4) is 0 Å². The summed E-state index contributed by atoms with van der Waals surface area (Å²) in [6.45, 7) is 4.29. The second-order valence-corrected chi connectivity index (χ2v) is 7.42. The maximum absolute atomic E-state index is 11.4. The zero-order chi connectivity index (χ0) is 18.1. The van der Waals surface area contributed by atoms with Gasteiger partial charge in [0.1, 0.15) is 17.2 Å². The van der Waals surface area contributed by atoms with Crippen LogP contribution in [0.1, 0.15) is 32.4 Å². The third kappa shape index (κ3) is 3.30. The number of nitrogens with zero attached hydrogens (tertiary/aromatic N) is 2. The summed E-state index contributed by atoms with van der Waals surface area (Å²) in [6, 6.07) is 0. The lowest BCUT2D eigenvalue weighted by atomic mass is 9.75. The normalized spacial score (nSPS) is 23.6. The van der Waals surface area contributed by atoms with Crippen LogP contribution < -0.4 is 5.32 Å². The van der Waals surface area contributed by atoms with Crippen molar-refractivity contribution in [1.82, 2.24) is 9.97 Å². The Balaban J connectivity index is 1.72. The summed E-state index contributed by atoms with van der Waals surface area (Å²) in [5.74, 6) is 1.02. The molecule has 1 aromatic rings. The number of carbonyl (C=O) groups excluding carboxylic acids is 1. The SMILES string of the molecule is COC(=O)C1CC(CNc2ncnc3c2SC(=N)/C3=C(/C)C(C)=N)C1. The van der Waals surface area contributed by atoms with Crippen molar-refractivity contribution in [2.45, 2.75) is 31.6 Å². The Kier molecular flexibility index (Phi) is 4.89. The second-order valence-electron chi connectivity index (χ2n) is 6.39. The summed E-state index contributed by atoms with van der Waals surface area (Å²) >= 11 is 1.33. The van der Waals surface area contributed by atoms with Crippen LogP contribution >= 0.6 is 11.8 Å². The Morgan fingerprint density at radius 1 is 1.40 bits per heavy atom. The monoisotopic (exact) mass is 359 g/mol. The van der Waals surface area contributed by atoms with E-state index in [0.717, 1.165) is 35.5 Å². The van der Waals surface area contributed by atoms with Gasteiger partial charge in [-0.1, -0.05) is 11.8 Å². The molecular weight excluding hydrogens is 338 g/mol. The first-order valence-corrected chi connectivity index (χ1v) is 8.94. The largest absolute Gasteiger partial charge is 0.469 e. The number of fused-ring (bicyclic) bond motifs is 1. The molecule has 1 fully saturated rings. The van der Waals surface area contributed by atoms with Crippen LogP contribution in [0, 0.1) is 22.7 Å². The zero-order valence-electron chi connectivity index (χ0n) is 14.5. The van der Waals surface area contributed by atoms with Crippen LogP contribution in [0.2, 0.25) is 0 Å². The molecule has 132 valence electrons. The number of hydrogen-bond acceptors (Lipinski definition) is 8. The zero-order valence-corrected chi connectivity index (χ0v) is 15.3. The molecule has 0 spiro atoms. The van der Waals surface area contributed by atoms with E-state index in [9.17, 15) is 4.79 Å². The number of anilines is 1. The molecule has 0 aromatic carbocycles. The van der Waals surface area contributed by atoms with E-state index >= 15 is 0 Å². The average molecular weight is 359 g/mol. The van der Waals surface area contributed by atoms with E-state index in [1.54, 1.807) is 6.92 Å². The minimum absolute atomic E-state index is 0.0169. The van der Waals surface area contributed by atoms with E-state index in [2.05, 4.69) is 15.3 Å². The van der Waals surface area contributed by atoms with Crippen LogP contribution in [0.5, 0.6) is 0 Å². The third-order valence-electron chi connectivity index (χ3n) is 4.74. The highest BCUT2D eigenvalue weighted by Gasteiger charge is 2.35. The van der Waals surface area contributed by atoms with Gasteiger partial charge in [0.05, 0.1) is 23.6 Å². The quantitative estimate of drug-likeness (QED) is 0.550. The standard InChI is InChI=1S/C17H21N5O2S/c1-8(9(2)18)12-13-14(25-15(12)19)16(22-7-21-13)20-6-10-4-11(5-10)17(23)24-3/h7,10-11,18-19H,4-6H2,1-3H3,(H,20,21,22)/b12-8-,18-9?,19-15?. The molecular formula is C17H21N5O2S. The van der Waals surface area contributed by atoms with Gasteiger partial charge in [0.15, 0.2) is 0 Å². The minimum Gasteiger partial charge on any atom is -0.469 e. The Morgan fingerprint density at radius 3 is 2.76 bits per heavy atom. The van der Waals surface area contributed by atoms with Crippen LogP contribution in [-0.2, 0) is 9.53 Å². The van der Waals surface area contributed by atoms with Crippen molar-refractivity contribution < 1.29 is 9.53 Å². The van der Waals surface area contributed by atoms with E-state index in [1.165, 1.54) is 25.2 Å². The summed E-state index contributed by atoms with van der Waals surface area (Å²) in [4.78, 5) is 20.9. The number of thioether (sulfide) groups is 1. The lowest BCUT2D eigenvalue weighted by Gasteiger charge is -2.33. The molecule has 0 amide bonds. The fourth-order valence-electron chi connectivity index (χ4n) is 3.07. The number of carbonyl (C=O) groups is 1. The van der Waals surface area contributed by atoms with E-state index < -0.39 is 0 Å². The Bertz CT molecular complexity index is 783. The van der Waals surface area contributed by atoms with Gasteiger partial charge in [-0.3, -0.25) is 10.2 Å². The maximum atomic E-state index is 11.4. The Hall–Kier alpha value is -2.22. The predicted molar refractivity (Wildman–Crippen MR) is 98.3 cm³/mol. The van der Waals surface area contributed by atoms with Crippen LogP contribution in [0.4, 0.5) is 5.82 Å². The van der Waals surface area contributed by atoms with Crippen LogP contribution in [-0.4, -0.2) is 40.3 Å². The average Bonchev–Trinajstić information content (AvgIpc) is 2.88. The smallest absolute Gasteiger partial charge is 0.308 e. The van der Waals surface area contributed by atoms with Crippen LogP contribution in [0.25, 0.3) is 5.57 Å². The molecule has 2 aliphatic rings. The van der Waals surface area contributed by atoms with Gasteiger partial charge >= 0.3 is 5.97 Å². The number of hydrogen-bond donors (Lipinski definition) is 3. The highest BCUT2D eigenvalue weighted by molar-refractivity contribution is 8.15. The Morgan fingerprint density at radius 2 is 2.12 bits per heavy atom. The molecule has 1 aliphatic carbocycles. The van der Waals surface area contributed by atoms with Crippen molar-refractivity contribution in [2.24, 2.45) is 11.8 Å². The predicted octanol–water partition coefficient (Wildman–Crippen LogP) is 2.98. The molecule has 0 saturated heterocycles. The number of aromatic nitrogens is 2. The lowest BCUT2D eigenvalue weighted by molar-refractivity contribution is -0.149. The molecule has 3 rings (SSSR count). The summed E-state index contributed by atoms with van der Waals surface area (Å²) in [6.07, 6.45) is 3.14. The van der Waals surface area contributed by atoms with Crippen molar-refractivity contribution in [2.75, 3.05) is 19.0 Å². The first kappa shape index (κ1) is 17.6. The molecule has 1 aromatic heterocycles. The van der Waals surface area contributed by atoms with Gasteiger partial charge in [-0.05, 0) is 38.2 Å². The van der Waals surface area contributed by atoms with Crippen molar-refractivity contribution in [3.05, 3.63) is 17.6 Å². The molecule has 25 heavy (non-hydrogen) atoms. The van der Waals surface area contributed by atoms with Crippen molar-refractivity contribution >= 4 is 39.9 Å². The number of allylic oxidation sites excluding steroid dienone is 1. The summed E-state index contributed by atoms with van der Waals surface area (Å²) in [5, 5.41) is 19.8. The maximum Gasteiger partial charge on any atom is 0.308 e. The number of methoxy groups -OCH3 is 1. The first-order chi connectivity index (χ1) is 11.9. The molecule has 0 radical (unpaired) electrons. The first-order valence-electron chi connectivity index (χ1n) is 8.12. The van der Waals surface area contributed by atoms with E-state index in [-0.39, 0.29) is 11.9 Å². The molecule has 0 unspecified atom stereocenters. The molecule has 1 aliphatic heterocycles. The van der Waals surface area contributed by atoms with Crippen molar-refractivity contribution in [1.29, 1.82) is 10.8 Å². The molecule has 0 bridgehead atoms. The molecule has 7 nitrogen and oxygen atoms in total. The fourth-order valence-corrected chi connectivity index (χ4v) is 4.10. The third-order valence-corrected chi connectivity index (χ3v) is 5.74. The topological polar surface area (TPSA) is 112 Å². The molecule has 3 N–H and O–H groups in total. The molecule has 2 heterocycles. The van der Waals surface area contributed by atoms with Gasteiger partial charge in [-0.15, -0.1) is 0 Å². The summed E-state index contributed by atoms with van der Waals surface area (Å²) in [5.41, 5.74) is 2.63. The van der Waals surface area contributed by atoms with E-state index in [4.69, 9.17) is 15.6 Å². The van der Waals surface area contributed by atoms with Gasteiger partial charge in [0.2, 0.25) is 0 Å². The van der Waals surface area contributed by atoms with Crippen molar-refractivity contribution in [3.63, 3.8) is 0 Å². The highest BCUT2D eigenvalue weighted by Crippen LogP contribution is 2.44. The van der Waals surface area contributed by atoms with Gasteiger partial charge in [0.25, 0.3) is 0 Å². The van der Waals surface area contributed by atoms with E-state index in [1.807, 2.05) is 6.92 Å². The van der Waals surface area contributed by atoms with Crippen molar-refractivity contribution in [3.8, 4) is 0 Å². The van der Waals surface area contributed by atoms with Gasteiger partial charge < -0.3 is 15.5 Å². The molecule has 1 saturated carbocycles. The number of esters is 1. The van der Waals surface area contributed by atoms with Gasteiger partial charge in [0, 0.05) is 17.8 Å². The summed E-state index contributed by atoms with van der Waals surface area (Å²) < 4.78 is 4.76. The Labute approximate surface area is 150 Å². The lowest BCUT2D eigenvalue weighted by Crippen LogP contribution is -2.35. The van der Waals surface area contributed by atoms with E-state index in [0.29, 0.717) is 28.1 Å². The van der Waals surface area contributed by atoms with Gasteiger partial charge in [-0.2, -0.15) is 0 Å². The molecule has 0 atom stereocenters. The minimum atomic E-state index is -0.129. The number of nitrogens with one attached hydrogen (secondary N) is 3. The van der Waals surface area contributed by atoms with Gasteiger partial charge in [-0.25, -0.2) is 9.97 Å². The second kappa shape index (κ2) is 6.95.